The molecule has 140 valence electrons. The molecule has 0 saturated carbocycles. The van der Waals surface area contributed by atoms with Crippen molar-refractivity contribution in [1.82, 2.24) is 10.3 Å². The van der Waals surface area contributed by atoms with Gasteiger partial charge < -0.3 is 19.8 Å². The number of carbonyl (C=O) groups excluding carboxylic acids is 1. The first kappa shape index (κ1) is 18.5. The molecule has 0 saturated heterocycles. The number of nitrogens with one attached hydrogen (secondary N) is 2. The fraction of sp³-hybridized carbons (Fsp3) is 0.238. The van der Waals surface area contributed by atoms with Crippen LogP contribution in [0.2, 0.25) is 0 Å². The molecule has 0 aliphatic heterocycles. The molecule has 0 unspecified atom stereocenters. The highest BCUT2D eigenvalue weighted by atomic mass is 16.5. The fourth-order valence-electron chi connectivity index (χ4n) is 2.96. The second kappa shape index (κ2) is 7.95. The molecule has 0 atom stereocenters. The molecule has 1 aromatic heterocycles. The Hall–Kier alpha value is -3.28. The van der Waals surface area contributed by atoms with Crippen molar-refractivity contribution >= 4 is 16.8 Å². The first-order valence-corrected chi connectivity index (χ1v) is 8.64. The standard InChI is InChI=1S/C21H22N2O4/c1-13-4-6-15-17(10-13)23-12-16(20(15)24)21(25)22-9-8-14-5-7-18(26-2)19(11-14)27-3/h4-7,10-12H,8-9H2,1-3H3,(H,22,25)(H,23,24). The number of aromatic amines is 1. The number of H-pyrrole nitrogens is 1. The van der Waals surface area contributed by atoms with Gasteiger partial charge in [0.25, 0.3) is 5.91 Å². The van der Waals surface area contributed by atoms with Crippen LogP contribution in [0.5, 0.6) is 11.5 Å². The molecule has 0 bridgehead atoms. The molecule has 0 aliphatic carbocycles. The van der Waals surface area contributed by atoms with Crippen LogP contribution in [0.15, 0.2) is 47.4 Å². The summed E-state index contributed by atoms with van der Waals surface area (Å²) in [5.74, 6) is 0.907. The van der Waals surface area contributed by atoms with E-state index in [0.717, 1.165) is 16.6 Å². The van der Waals surface area contributed by atoms with Crippen LogP contribution in [0, 0.1) is 6.92 Å². The van der Waals surface area contributed by atoms with Crippen molar-refractivity contribution in [3.8, 4) is 11.5 Å². The lowest BCUT2D eigenvalue weighted by Crippen LogP contribution is -2.30. The number of methoxy groups -OCH3 is 2. The smallest absolute Gasteiger partial charge is 0.256 e. The number of aromatic nitrogens is 1. The molecule has 0 spiro atoms. The maximum Gasteiger partial charge on any atom is 0.256 e. The number of fused-ring (bicyclic) bond motifs is 1. The Kier molecular flexibility index (Phi) is 5.45. The first-order chi connectivity index (χ1) is 13.0. The maximum absolute atomic E-state index is 12.6. The van der Waals surface area contributed by atoms with Crippen molar-refractivity contribution in [1.29, 1.82) is 0 Å². The van der Waals surface area contributed by atoms with Crippen LogP contribution in [0.25, 0.3) is 10.9 Å². The zero-order valence-corrected chi connectivity index (χ0v) is 15.6. The number of pyridine rings is 1. The van der Waals surface area contributed by atoms with Crippen LogP contribution in [-0.2, 0) is 6.42 Å². The van der Waals surface area contributed by atoms with Gasteiger partial charge in [0.15, 0.2) is 11.5 Å². The monoisotopic (exact) mass is 366 g/mol. The molecule has 3 aromatic rings. The summed E-state index contributed by atoms with van der Waals surface area (Å²) >= 11 is 0. The molecule has 2 N–H and O–H groups in total. The van der Waals surface area contributed by atoms with Gasteiger partial charge >= 0.3 is 0 Å². The van der Waals surface area contributed by atoms with Gasteiger partial charge in [0.2, 0.25) is 5.43 Å². The summed E-state index contributed by atoms with van der Waals surface area (Å²) in [5, 5.41) is 3.31. The van der Waals surface area contributed by atoms with Gasteiger partial charge in [-0.15, -0.1) is 0 Å². The van der Waals surface area contributed by atoms with Crippen LogP contribution >= 0.6 is 0 Å². The van der Waals surface area contributed by atoms with Crippen molar-refractivity contribution < 1.29 is 14.3 Å². The van der Waals surface area contributed by atoms with Gasteiger partial charge in [0.05, 0.1) is 14.2 Å². The predicted molar refractivity (Wildman–Crippen MR) is 105 cm³/mol. The highest BCUT2D eigenvalue weighted by Gasteiger charge is 2.13. The summed E-state index contributed by atoms with van der Waals surface area (Å²) in [5.41, 5.74) is 2.61. The Balaban J connectivity index is 1.69. The average Bonchev–Trinajstić information content (AvgIpc) is 2.67. The van der Waals surface area contributed by atoms with Crippen molar-refractivity contribution in [3.63, 3.8) is 0 Å². The topological polar surface area (TPSA) is 80.4 Å². The van der Waals surface area contributed by atoms with Crippen LogP contribution in [0.1, 0.15) is 21.5 Å². The largest absolute Gasteiger partial charge is 0.493 e. The first-order valence-electron chi connectivity index (χ1n) is 8.64. The van der Waals surface area contributed by atoms with Gasteiger partial charge in [-0.3, -0.25) is 9.59 Å². The van der Waals surface area contributed by atoms with Crippen molar-refractivity contribution in [2.75, 3.05) is 20.8 Å². The van der Waals surface area contributed by atoms with Gasteiger partial charge in [0, 0.05) is 23.6 Å². The Morgan fingerprint density at radius 2 is 1.85 bits per heavy atom. The Labute approximate surface area is 157 Å². The SMILES string of the molecule is COc1ccc(CCNC(=O)c2c[nH]c3cc(C)ccc3c2=O)cc1OC. The van der Waals surface area contributed by atoms with E-state index in [4.69, 9.17) is 9.47 Å². The van der Waals surface area contributed by atoms with Gasteiger partial charge in [-0.1, -0.05) is 12.1 Å². The molecular weight excluding hydrogens is 344 g/mol. The fourth-order valence-corrected chi connectivity index (χ4v) is 2.96. The molecule has 0 aliphatic rings. The van der Waals surface area contributed by atoms with Gasteiger partial charge in [-0.05, 0) is 48.7 Å². The molecule has 3 rings (SSSR count). The second-order valence-corrected chi connectivity index (χ2v) is 6.28. The second-order valence-electron chi connectivity index (χ2n) is 6.28. The van der Waals surface area contributed by atoms with E-state index in [-0.39, 0.29) is 16.9 Å². The summed E-state index contributed by atoms with van der Waals surface area (Å²) in [7, 11) is 3.16. The highest BCUT2D eigenvalue weighted by molar-refractivity contribution is 5.97. The van der Waals surface area contributed by atoms with Crippen LogP contribution in [-0.4, -0.2) is 31.7 Å². The number of amides is 1. The van der Waals surface area contributed by atoms with E-state index >= 15 is 0 Å². The Bertz CT molecular complexity index is 1040. The molecule has 6 nitrogen and oxygen atoms in total. The zero-order chi connectivity index (χ0) is 19.4. The molecule has 1 heterocycles. The molecule has 2 aromatic carbocycles. The number of carbonyl (C=O) groups is 1. The molecule has 1 amide bonds. The lowest BCUT2D eigenvalue weighted by atomic mass is 10.1. The summed E-state index contributed by atoms with van der Waals surface area (Å²) in [6.07, 6.45) is 2.08. The summed E-state index contributed by atoms with van der Waals surface area (Å²) in [6, 6.07) is 11.1. The Morgan fingerprint density at radius 1 is 1.07 bits per heavy atom. The van der Waals surface area contributed by atoms with Gasteiger partial charge in [-0.25, -0.2) is 0 Å². The van der Waals surface area contributed by atoms with E-state index in [2.05, 4.69) is 10.3 Å². The third kappa shape index (κ3) is 3.95. The van der Waals surface area contributed by atoms with Crippen molar-refractivity contribution in [2.45, 2.75) is 13.3 Å². The van der Waals surface area contributed by atoms with Crippen LogP contribution in [0.4, 0.5) is 0 Å². The number of hydrogen-bond acceptors (Lipinski definition) is 4. The van der Waals surface area contributed by atoms with Crippen LogP contribution in [0.3, 0.4) is 0 Å². The van der Waals surface area contributed by atoms with Crippen LogP contribution < -0.4 is 20.2 Å². The predicted octanol–water partition coefficient (Wildman–Crippen LogP) is 2.83. The van der Waals surface area contributed by atoms with Crippen molar-refractivity contribution in [2.24, 2.45) is 0 Å². The molecule has 0 radical (unpaired) electrons. The minimum Gasteiger partial charge on any atom is -0.493 e. The minimum absolute atomic E-state index is 0.110. The van der Waals surface area contributed by atoms with Crippen molar-refractivity contribution in [3.05, 3.63) is 69.5 Å². The maximum atomic E-state index is 12.6. The number of benzene rings is 2. The lowest BCUT2D eigenvalue weighted by Gasteiger charge is -2.10. The molecular formula is C21H22N2O4. The third-order valence-electron chi connectivity index (χ3n) is 4.43. The molecule has 6 heteroatoms. The Morgan fingerprint density at radius 3 is 2.59 bits per heavy atom. The number of hydrogen-bond donors (Lipinski definition) is 2. The normalized spacial score (nSPS) is 10.6. The summed E-state index contributed by atoms with van der Waals surface area (Å²) in [6.45, 7) is 2.35. The van der Waals surface area contributed by atoms with Gasteiger partial charge in [-0.2, -0.15) is 0 Å². The lowest BCUT2D eigenvalue weighted by molar-refractivity contribution is 0.0953. The van der Waals surface area contributed by atoms with E-state index in [1.807, 2.05) is 37.3 Å². The quantitative estimate of drug-likeness (QED) is 0.703. The third-order valence-corrected chi connectivity index (χ3v) is 4.43. The molecule has 27 heavy (non-hydrogen) atoms. The summed E-state index contributed by atoms with van der Waals surface area (Å²) < 4.78 is 10.5. The number of ether oxygens (including phenoxy) is 2. The average molecular weight is 366 g/mol. The van der Waals surface area contributed by atoms with E-state index in [1.165, 1.54) is 6.20 Å². The van der Waals surface area contributed by atoms with E-state index in [9.17, 15) is 9.59 Å². The van der Waals surface area contributed by atoms with E-state index < -0.39 is 0 Å². The minimum atomic E-state index is -0.390. The van der Waals surface area contributed by atoms with E-state index in [0.29, 0.717) is 29.9 Å². The van der Waals surface area contributed by atoms with E-state index in [1.54, 1.807) is 20.3 Å². The van der Waals surface area contributed by atoms with Gasteiger partial charge in [0.1, 0.15) is 5.56 Å². The highest BCUT2D eigenvalue weighted by Crippen LogP contribution is 2.27. The molecule has 0 fully saturated rings. The summed E-state index contributed by atoms with van der Waals surface area (Å²) in [4.78, 5) is 28.0. The zero-order valence-electron chi connectivity index (χ0n) is 15.6. The number of rotatable bonds is 6. The number of aryl methyl sites for hydroxylation is 1.